The highest BCUT2D eigenvalue weighted by Gasteiger charge is 2.24. The van der Waals surface area contributed by atoms with E-state index in [1.165, 1.54) is 26.6 Å². The van der Waals surface area contributed by atoms with Crippen molar-refractivity contribution in [3.05, 3.63) is 47.5 Å². The van der Waals surface area contributed by atoms with E-state index in [1.807, 2.05) is 20.8 Å². The first-order valence-corrected chi connectivity index (χ1v) is 7.90. The zero-order valence-corrected chi connectivity index (χ0v) is 15.9. The number of hydrogen-bond donors (Lipinski definition) is 2. The molecule has 0 fully saturated rings. The monoisotopic (exact) mass is 365 g/mol. The second kappa shape index (κ2) is 8.58. The number of rotatable bonds is 6. The number of ether oxygens (including phenoxy) is 2. The summed E-state index contributed by atoms with van der Waals surface area (Å²) in [6.45, 7) is 9.19. The highest BCUT2D eigenvalue weighted by atomic mass is 35.5. The van der Waals surface area contributed by atoms with E-state index in [0.717, 1.165) is 0 Å². The molecular weight excluding hydrogens is 342 g/mol. The van der Waals surface area contributed by atoms with Crippen LogP contribution in [-0.4, -0.2) is 25.1 Å². The third kappa shape index (κ3) is 5.53. The molecule has 1 aromatic rings. The van der Waals surface area contributed by atoms with Crippen molar-refractivity contribution in [2.45, 2.75) is 20.8 Å². The van der Waals surface area contributed by atoms with E-state index in [4.69, 9.17) is 26.8 Å². The zero-order chi connectivity index (χ0) is 19.2. The molecule has 0 aliphatic carbocycles. The molecule has 0 aromatic carbocycles. The fourth-order valence-corrected chi connectivity index (χ4v) is 1.90. The lowest BCUT2D eigenvalue weighted by molar-refractivity contribution is -0.123. The molecule has 1 amide bonds. The second-order valence-electron chi connectivity index (χ2n) is 6.22. The van der Waals surface area contributed by atoms with E-state index < -0.39 is 5.41 Å². The van der Waals surface area contributed by atoms with Gasteiger partial charge in [0.05, 0.1) is 25.4 Å². The van der Waals surface area contributed by atoms with Gasteiger partial charge in [-0.15, -0.1) is 0 Å². The first kappa shape index (κ1) is 20.6. The zero-order valence-electron chi connectivity index (χ0n) is 15.1. The van der Waals surface area contributed by atoms with Crippen LogP contribution >= 0.6 is 11.6 Å². The molecule has 1 heterocycles. The molecule has 25 heavy (non-hydrogen) atoms. The Kier molecular flexibility index (Phi) is 7.06. The molecule has 6 nitrogen and oxygen atoms in total. The SMILES string of the molecule is C=C(/C=C(\C(Cl)=C/N)c1cc(OC)cnc1NC(=O)C(C)(C)C)OC. The van der Waals surface area contributed by atoms with Crippen LogP contribution in [0.15, 0.2) is 41.9 Å². The first-order valence-electron chi connectivity index (χ1n) is 7.52. The van der Waals surface area contributed by atoms with Crippen molar-refractivity contribution in [3.63, 3.8) is 0 Å². The van der Waals surface area contributed by atoms with Crippen molar-refractivity contribution in [1.82, 2.24) is 4.98 Å². The van der Waals surface area contributed by atoms with Gasteiger partial charge in [-0.05, 0) is 12.1 Å². The Labute approximate surface area is 153 Å². The molecule has 1 aromatic heterocycles. The largest absolute Gasteiger partial charge is 0.497 e. The molecule has 0 radical (unpaired) electrons. The van der Waals surface area contributed by atoms with E-state index in [0.29, 0.717) is 28.5 Å². The van der Waals surface area contributed by atoms with Gasteiger partial charge in [-0.25, -0.2) is 4.98 Å². The minimum atomic E-state index is -0.591. The van der Waals surface area contributed by atoms with Crippen LogP contribution in [0, 0.1) is 5.41 Å². The number of carbonyl (C=O) groups is 1. The van der Waals surface area contributed by atoms with Crippen molar-refractivity contribution in [2.75, 3.05) is 19.5 Å². The van der Waals surface area contributed by atoms with Gasteiger partial charge in [-0.1, -0.05) is 39.0 Å². The first-order chi connectivity index (χ1) is 11.6. The molecule has 0 spiro atoms. The van der Waals surface area contributed by atoms with Crippen molar-refractivity contribution >= 4 is 28.9 Å². The Hall–Kier alpha value is -2.47. The normalized spacial score (nSPS) is 12.6. The number of nitrogens with one attached hydrogen (secondary N) is 1. The number of allylic oxidation sites excluding steroid dienone is 3. The number of nitrogens with two attached hydrogens (primary N) is 1. The molecule has 0 aliphatic heterocycles. The topological polar surface area (TPSA) is 86.5 Å². The van der Waals surface area contributed by atoms with Gasteiger partial charge >= 0.3 is 0 Å². The Morgan fingerprint density at radius 3 is 2.52 bits per heavy atom. The Morgan fingerprint density at radius 1 is 1.40 bits per heavy atom. The molecule has 0 bridgehead atoms. The van der Waals surface area contributed by atoms with Crippen molar-refractivity contribution in [2.24, 2.45) is 11.1 Å². The fourth-order valence-electron chi connectivity index (χ4n) is 1.74. The summed E-state index contributed by atoms with van der Waals surface area (Å²) in [7, 11) is 3.01. The number of carbonyl (C=O) groups excluding carboxylic acids is 1. The highest BCUT2D eigenvalue weighted by Crippen LogP contribution is 2.34. The third-order valence-electron chi connectivity index (χ3n) is 3.27. The number of pyridine rings is 1. The van der Waals surface area contributed by atoms with Crippen LogP contribution in [0.1, 0.15) is 26.3 Å². The van der Waals surface area contributed by atoms with Crippen molar-refractivity contribution < 1.29 is 14.3 Å². The molecule has 0 atom stereocenters. The lowest BCUT2D eigenvalue weighted by Crippen LogP contribution is -2.28. The van der Waals surface area contributed by atoms with Crippen LogP contribution < -0.4 is 15.8 Å². The minimum Gasteiger partial charge on any atom is -0.497 e. The Bertz CT molecular complexity index is 719. The average molecular weight is 366 g/mol. The van der Waals surface area contributed by atoms with Gasteiger partial charge in [0.15, 0.2) is 0 Å². The molecule has 0 saturated heterocycles. The molecule has 0 aliphatic rings. The summed E-state index contributed by atoms with van der Waals surface area (Å²) in [5, 5.41) is 3.06. The quantitative estimate of drug-likeness (QED) is 0.593. The molecule has 0 unspecified atom stereocenters. The smallest absolute Gasteiger partial charge is 0.230 e. The lowest BCUT2D eigenvalue weighted by atomic mass is 9.95. The highest BCUT2D eigenvalue weighted by molar-refractivity contribution is 6.37. The summed E-state index contributed by atoms with van der Waals surface area (Å²) < 4.78 is 10.3. The summed E-state index contributed by atoms with van der Waals surface area (Å²) >= 11 is 6.25. The van der Waals surface area contributed by atoms with Crippen molar-refractivity contribution in [1.29, 1.82) is 0 Å². The standard InChI is InChI=1S/C18H24ClN3O3/c1-11(24-5)7-13(15(19)9-20)14-8-12(25-6)10-21-16(14)22-17(23)18(2,3)4/h7-10H,1,20H2,2-6H3,(H,21,22,23)/b13-7-,15-9+. The van der Waals surface area contributed by atoms with Gasteiger partial charge < -0.3 is 20.5 Å². The molecule has 136 valence electrons. The van der Waals surface area contributed by atoms with E-state index >= 15 is 0 Å². The third-order valence-corrected chi connectivity index (χ3v) is 3.60. The number of hydrogen-bond acceptors (Lipinski definition) is 5. The number of methoxy groups -OCH3 is 2. The molecular formula is C18H24ClN3O3. The van der Waals surface area contributed by atoms with Gasteiger partial charge in [0.25, 0.3) is 0 Å². The summed E-state index contributed by atoms with van der Waals surface area (Å²) in [5.41, 5.74) is 6.01. The fraction of sp³-hybridized carbons (Fsp3) is 0.333. The van der Waals surface area contributed by atoms with Gasteiger partial charge in [0.2, 0.25) is 5.91 Å². The van der Waals surface area contributed by atoms with Gasteiger partial charge in [-0.3, -0.25) is 4.79 Å². The number of amides is 1. The van der Waals surface area contributed by atoms with Crippen LogP contribution in [0.25, 0.3) is 5.57 Å². The van der Waals surface area contributed by atoms with Gasteiger partial charge in [0.1, 0.15) is 17.3 Å². The summed E-state index contributed by atoms with van der Waals surface area (Å²) in [4.78, 5) is 16.6. The van der Waals surface area contributed by atoms with Gasteiger partial charge in [-0.2, -0.15) is 0 Å². The van der Waals surface area contributed by atoms with Crippen LogP contribution in [0.2, 0.25) is 0 Å². The van der Waals surface area contributed by atoms with Crippen LogP contribution in [0.4, 0.5) is 5.82 Å². The van der Waals surface area contributed by atoms with E-state index in [-0.39, 0.29) is 10.9 Å². The maximum atomic E-state index is 12.4. The average Bonchev–Trinajstić information content (AvgIpc) is 2.58. The Morgan fingerprint density at radius 2 is 2.04 bits per heavy atom. The number of nitrogens with zero attached hydrogens (tertiary/aromatic N) is 1. The lowest BCUT2D eigenvalue weighted by Gasteiger charge is -2.20. The van der Waals surface area contributed by atoms with Crippen LogP contribution in [-0.2, 0) is 9.53 Å². The summed E-state index contributed by atoms with van der Waals surface area (Å²) in [6.07, 6.45) is 4.35. The van der Waals surface area contributed by atoms with E-state index in [2.05, 4.69) is 16.9 Å². The number of anilines is 1. The van der Waals surface area contributed by atoms with E-state index in [1.54, 1.807) is 12.1 Å². The predicted octanol–water partition coefficient (Wildman–Crippen LogP) is 3.66. The maximum absolute atomic E-state index is 12.4. The second-order valence-corrected chi connectivity index (χ2v) is 6.63. The van der Waals surface area contributed by atoms with Crippen LogP contribution in [0.5, 0.6) is 5.75 Å². The van der Waals surface area contributed by atoms with Crippen molar-refractivity contribution in [3.8, 4) is 5.75 Å². The summed E-state index contributed by atoms with van der Waals surface area (Å²) in [5.74, 6) is 1.00. The summed E-state index contributed by atoms with van der Waals surface area (Å²) in [6, 6.07) is 1.70. The molecule has 3 N–H and O–H groups in total. The molecule has 0 saturated carbocycles. The van der Waals surface area contributed by atoms with E-state index in [9.17, 15) is 4.79 Å². The van der Waals surface area contributed by atoms with Gasteiger partial charge in [0, 0.05) is 22.8 Å². The maximum Gasteiger partial charge on any atom is 0.230 e. The molecule has 1 rings (SSSR count). The number of aromatic nitrogens is 1. The molecule has 7 heteroatoms. The minimum absolute atomic E-state index is 0.191. The predicted molar refractivity (Wildman–Crippen MR) is 101 cm³/mol. The number of halogens is 1. The Balaban J connectivity index is 3.54. The van der Waals surface area contributed by atoms with Crippen LogP contribution in [0.3, 0.4) is 0 Å².